The molecule has 0 aliphatic carbocycles. The molecule has 0 spiro atoms. The lowest BCUT2D eigenvalue weighted by Gasteiger charge is -2.25. The average Bonchev–Trinajstić information content (AvgIpc) is 2.29. The Kier molecular flexibility index (Phi) is 5.72. The summed E-state index contributed by atoms with van der Waals surface area (Å²) >= 11 is 0. The fourth-order valence-electron chi connectivity index (χ4n) is 1.75. The van der Waals surface area contributed by atoms with Gasteiger partial charge in [0.1, 0.15) is 5.82 Å². The molecule has 0 aromatic heterocycles. The highest BCUT2D eigenvalue weighted by Gasteiger charge is 2.17. The molecule has 1 aromatic carbocycles. The smallest absolute Gasteiger partial charge is 0.123 e. The predicted molar refractivity (Wildman–Crippen MR) is 69.9 cm³/mol. The van der Waals surface area contributed by atoms with Gasteiger partial charge in [-0.05, 0) is 38.5 Å². The first-order chi connectivity index (χ1) is 8.44. The largest absolute Gasteiger partial charge is 0.387 e. The van der Waals surface area contributed by atoms with Crippen LogP contribution >= 0.6 is 0 Å². The van der Waals surface area contributed by atoms with Crippen molar-refractivity contribution >= 4 is 0 Å². The third kappa shape index (κ3) is 5.12. The Morgan fingerprint density at radius 2 is 1.94 bits per heavy atom. The number of benzene rings is 1. The zero-order valence-corrected chi connectivity index (χ0v) is 11.2. The molecule has 18 heavy (non-hydrogen) atoms. The second-order valence-electron chi connectivity index (χ2n) is 4.89. The van der Waals surface area contributed by atoms with Crippen LogP contribution in [0.4, 0.5) is 4.39 Å². The summed E-state index contributed by atoms with van der Waals surface area (Å²) in [4.78, 5) is 0. The summed E-state index contributed by atoms with van der Waals surface area (Å²) in [5.74, 6) is -0.295. The van der Waals surface area contributed by atoms with Crippen LogP contribution in [0.1, 0.15) is 32.4 Å². The molecule has 0 fully saturated rings. The van der Waals surface area contributed by atoms with Gasteiger partial charge in [0.15, 0.2) is 0 Å². The Morgan fingerprint density at radius 1 is 1.33 bits per heavy atom. The van der Waals surface area contributed by atoms with Gasteiger partial charge in [0.2, 0.25) is 0 Å². The van der Waals surface area contributed by atoms with Crippen LogP contribution in [0.5, 0.6) is 0 Å². The second kappa shape index (κ2) is 6.83. The van der Waals surface area contributed by atoms with Gasteiger partial charge in [0.05, 0.1) is 11.7 Å². The number of ether oxygens (including phenoxy) is 1. The van der Waals surface area contributed by atoms with Gasteiger partial charge in [-0.3, -0.25) is 0 Å². The minimum Gasteiger partial charge on any atom is -0.387 e. The lowest BCUT2D eigenvalue weighted by molar-refractivity contribution is -0.0104. The van der Waals surface area contributed by atoms with Crippen molar-refractivity contribution in [2.24, 2.45) is 0 Å². The molecule has 0 bridgehead atoms. The van der Waals surface area contributed by atoms with Crippen LogP contribution in [0.3, 0.4) is 0 Å². The molecule has 102 valence electrons. The van der Waals surface area contributed by atoms with E-state index in [0.29, 0.717) is 25.3 Å². The number of hydrogen-bond acceptors (Lipinski definition) is 3. The Hall–Kier alpha value is -0.970. The highest BCUT2D eigenvalue weighted by molar-refractivity contribution is 5.18. The molecular weight excluding hydrogens is 233 g/mol. The third-order valence-electron chi connectivity index (χ3n) is 2.68. The van der Waals surface area contributed by atoms with E-state index in [1.165, 1.54) is 12.1 Å². The van der Waals surface area contributed by atoms with Crippen LogP contribution in [-0.4, -0.2) is 30.4 Å². The highest BCUT2D eigenvalue weighted by Crippen LogP contribution is 2.13. The number of aliphatic hydroxyl groups excluding tert-OH is 1. The fraction of sp³-hybridized carbons (Fsp3) is 0.571. The molecule has 1 atom stereocenters. The lowest BCUT2D eigenvalue weighted by Crippen LogP contribution is -2.39. The standard InChI is InChI=1S/C14H22FNO2/c1-4-18-14(2,3)10-16-9-13(17)11-5-7-12(15)8-6-11/h5-8,13,16-17H,4,9-10H2,1-3H3. The van der Waals surface area contributed by atoms with Crippen molar-refractivity contribution < 1.29 is 14.2 Å². The molecule has 3 nitrogen and oxygen atoms in total. The van der Waals surface area contributed by atoms with E-state index in [9.17, 15) is 9.50 Å². The number of hydrogen-bond donors (Lipinski definition) is 2. The van der Waals surface area contributed by atoms with Crippen molar-refractivity contribution in [2.45, 2.75) is 32.5 Å². The minimum atomic E-state index is -0.636. The predicted octanol–water partition coefficient (Wildman–Crippen LogP) is 2.26. The van der Waals surface area contributed by atoms with Crippen molar-refractivity contribution in [3.8, 4) is 0 Å². The van der Waals surface area contributed by atoms with Gasteiger partial charge in [-0.15, -0.1) is 0 Å². The molecule has 0 saturated heterocycles. The normalized spacial score (nSPS) is 13.6. The first-order valence-corrected chi connectivity index (χ1v) is 6.23. The van der Waals surface area contributed by atoms with E-state index in [0.717, 1.165) is 0 Å². The molecule has 1 unspecified atom stereocenters. The van der Waals surface area contributed by atoms with Gasteiger partial charge in [-0.2, -0.15) is 0 Å². The van der Waals surface area contributed by atoms with Crippen LogP contribution in [0.25, 0.3) is 0 Å². The van der Waals surface area contributed by atoms with E-state index in [1.807, 2.05) is 20.8 Å². The Bertz CT molecular complexity index is 351. The van der Waals surface area contributed by atoms with Crippen LogP contribution in [-0.2, 0) is 4.74 Å². The quantitative estimate of drug-likeness (QED) is 0.785. The zero-order chi connectivity index (χ0) is 13.6. The summed E-state index contributed by atoms with van der Waals surface area (Å²) in [7, 11) is 0. The molecule has 2 N–H and O–H groups in total. The Labute approximate surface area is 108 Å². The number of halogens is 1. The molecule has 4 heteroatoms. The number of aliphatic hydroxyl groups is 1. The van der Waals surface area contributed by atoms with E-state index < -0.39 is 6.10 Å². The van der Waals surface area contributed by atoms with Crippen LogP contribution in [0.15, 0.2) is 24.3 Å². The van der Waals surface area contributed by atoms with Gasteiger partial charge in [-0.25, -0.2) is 4.39 Å². The molecule has 0 heterocycles. The van der Waals surface area contributed by atoms with Gasteiger partial charge in [0.25, 0.3) is 0 Å². The number of rotatable bonds is 7. The molecule has 0 radical (unpaired) electrons. The van der Waals surface area contributed by atoms with Crippen molar-refractivity contribution in [1.82, 2.24) is 5.32 Å². The van der Waals surface area contributed by atoms with Gasteiger partial charge in [-0.1, -0.05) is 12.1 Å². The first kappa shape index (κ1) is 15.1. The maximum absolute atomic E-state index is 12.7. The summed E-state index contributed by atoms with van der Waals surface area (Å²) in [5, 5.41) is 13.1. The summed E-state index contributed by atoms with van der Waals surface area (Å²) in [6.07, 6.45) is -0.636. The van der Waals surface area contributed by atoms with Crippen molar-refractivity contribution in [2.75, 3.05) is 19.7 Å². The maximum atomic E-state index is 12.7. The molecule has 0 aliphatic rings. The Balaban J connectivity index is 2.37. The van der Waals surface area contributed by atoms with Crippen LogP contribution in [0.2, 0.25) is 0 Å². The van der Waals surface area contributed by atoms with Gasteiger partial charge >= 0.3 is 0 Å². The zero-order valence-electron chi connectivity index (χ0n) is 11.2. The SMILES string of the molecule is CCOC(C)(C)CNCC(O)c1ccc(F)cc1. The Morgan fingerprint density at radius 3 is 2.50 bits per heavy atom. The number of nitrogens with one attached hydrogen (secondary N) is 1. The summed E-state index contributed by atoms with van der Waals surface area (Å²) in [5.41, 5.74) is 0.454. The molecule has 1 aromatic rings. The summed E-state index contributed by atoms with van der Waals surface area (Å²) < 4.78 is 18.3. The maximum Gasteiger partial charge on any atom is 0.123 e. The summed E-state index contributed by atoms with van der Waals surface area (Å²) in [6.45, 7) is 7.67. The van der Waals surface area contributed by atoms with Crippen molar-refractivity contribution in [3.63, 3.8) is 0 Å². The monoisotopic (exact) mass is 255 g/mol. The average molecular weight is 255 g/mol. The molecule has 1 rings (SSSR count). The van der Waals surface area contributed by atoms with E-state index in [2.05, 4.69) is 5.32 Å². The van der Waals surface area contributed by atoms with Gasteiger partial charge < -0.3 is 15.2 Å². The van der Waals surface area contributed by atoms with Gasteiger partial charge in [0, 0.05) is 19.7 Å². The summed E-state index contributed by atoms with van der Waals surface area (Å²) in [6, 6.07) is 5.89. The van der Waals surface area contributed by atoms with Crippen LogP contribution in [0, 0.1) is 5.82 Å². The van der Waals surface area contributed by atoms with E-state index in [1.54, 1.807) is 12.1 Å². The molecular formula is C14H22FNO2. The van der Waals surface area contributed by atoms with Crippen molar-refractivity contribution in [3.05, 3.63) is 35.6 Å². The van der Waals surface area contributed by atoms with E-state index in [-0.39, 0.29) is 11.4 Å². The van der Waals surface area contributed by atoms with Crippen molar-refractivity contribution in [1.29, 1.82) is 0 Å². The van der Waals surface area contributed by atoms with E-state index >= 15 is 0 Å². The fourth-order valence-corrected chi connectivity index (χ4v) is 1.75. The minimum absolute atomic E-state index is 0.253. The molecule has 0 amide bonds. The second-order valence-corrected chi connectivity index (χ2v) is 4.89. The highest BCUT2D eigenvalue weighted by atomic mass is 19.1. The lowest BCUT2D eigenvalue weighted by atomic mass is 10.1. The third-order valence-corrected chi connectivity index (χ3v) is 2.68. The van der Waals surface area contributed by atoms with E-state index in [4.69, 9.17) is 4.74 Å². The topological polar surface area (TPSA) is 41.5 Å². The van der Waals surface area contributed by atoms with Crippen LogP contribution < -0.4 is 5.32 Å². The molecule has 0 aliphatic heterocycles. The molecule has 0 saturated carbocycles. The first-order valence-electron chi connectivity index (χ1n) is 6.23.